The molecule has 0 saturated heterocycles. The van der Waals surface area contributed by atoms with Crippen molar-refractivity contribution in [1.82, 2.24) is 0 Å². The molecular formula is C8H13BO4. The summed E-state index contributed by atoms with van der Waals surface area (Å²) in [6.07, 6.45) is -0.299. The second-order valence-electron chi connectivity index (χ2n) is 3.74. The fraction of sp³-hybridized carbons (Fsp3) is 0.750. The van der Waals surface area contributed by atoms with Crippen LogP contribution in [0.3, 0.4) is 0 Å². The molecule has 2 radical (unpaired) electrons. The predicted molar refractivity (Wildman–Crippen MR) is 47.6 cm³/mol. The van der Waals surface area contributed by atoms with Gasteiger partial charge in [-0.15, -0.1) is 0 Å². The Balaban J connectivity index is 3.96. The van der Waals surface area contributed by atoms with Crippen molar-refractivity contribution in [1.29, 1.82) is 0 Å². The summed E-state index contributed by atoms with van der Waals surface area (Å²) < 4.78 is 4.88. The average Bonchev–Trinajstić information content (AvgIpc) is 1.81. The van der Waals surface area contributed by atoms with Gasteiger partial charge in [-0.3, -0.25) is 9.59 Å². The van der Waals surface area contributed by atoms with Crippen LogP contribution in [0.25, 0.3) is 0 Å². The summed E-state index contributed by atoms with van der Waals surface area (Å²) in [7, 11) is 5.14. The van der Waals surface area contributed by atoms with Gasteiger partial charge in [0.15, 0.2) is 0 Å². The minimum absolute atomic E-state index is 0.299. The first-order valence-corrected chi connectivity index (χ1v) is 3.92. The van der Waals surface area contributed by atoms with Gasteiger partial charge >= 0.3 is 5.97 Å². The van der Waals surface area contributed by atoms with E-state index in [2.05, 4.69) is 0 Å². The van der Waals surface area contributed by atoms with E-state index < -0.39 is 23.4 Å². The SMILES string of the molecule is [B]C(CC(=O)OC(C)(C)C)C(=O)O. The van der Waals surface area contributed by atoms with Crippen molar-refractivity contribution < 1.29 is 19.4 Å². The first-order valence-electron chi connectivity index (χ1n) is 3.92. The molecule has 0 rings (SSSR count). The summed E-state index contributed by atoms with van der Waals surface area (Å²) >= 11 is 0. The fourth-order valence-corrected chi connectivity index (χ4v) is 0.650. The van der Waals surface area contributed by atoms with E-state index >= 15 is 0 Å². The minimum atomic E-state index is -1.20. The summed E-state index contributed by atoms with van der Waals surface area (Å²) in [5, 5.41) is 8.40. The van der Waals surface area contributed by atoms with E-state index in [9.17, 15) is 9.59 Å². The van der Waals surface area contributed by atoms with Crippen LogP contribution in [-0.2, 0) is 14.3 Å². The third-order valence-corrected chi connectivity index (χ3v) is 1.12. The summed E-state index contributed by atoms with van der Waals surface area (Å²) in [5.41, 5.74) is -0.602. The summed E-state index contributed by atoms with van der Waals surface area (Å²) in [6.45, 7) is 5.12. The zero-order chi connectivity index (χ0) is 10.6. The number of rotatable bonds is 3. The van der Waals surface area contributed by atoms with Crippen LogP contribution < -0.4 is 0 Å². The first kappa shape index (κ1) is 12.0. The van der Waals surface area contributed by atoms with Crippen LogP contribution in [0.2, 0.25) is 5.82 Å². The predicted octanol–water partition coefficient (Wildman–Crippen LogP) is 0.760. The molecule has 0 aliphatic carbocycles. The van der Waals surface area contributed by atoms with Crippen LogP contribution in [0.1, 0.15) is 27.2 Å². The Morgan fingerprint density at radius 1 is 1.46 bits per heavy atom. The van der Waals surface area contributed by atoms with Crippen LogP contribution in [0.4, 0.5) is 0 Å². The highest BCUT2D eigenvalue weighted by atomic mass is 16.6. The maximum atomic E-state index is 11.0. The minimum Gasteiger partial charge on any atom is -0.482 e. The number of carboxylic acid groups (broad SMARTS) is 1. The van der Waals surface area contributed by atoms with E-state index in [1.807, 2.05) is 0 Å². The number of carboxylic acids is 1. The number of carbonyl (C=O) groups excluding carboxylic acids is 1. The molecule has 72 valence electrons. The lowest BCUT2D eigenvalue weighted by Crippen LogP contribution is -2.25. The van der Waals surface area contributed by atoms with Crippen molar-refractivity contribution in [3.05, 3.63) is 0 Å². The zero-order valence-corrected chi connectivity index (χ0v) is 8.03. The summed E-state index contributed by atoms with van der Waals surface area (Å²) in [6, 6.07) is 0. The summed E-state index contributed by atoms with van der Waals surface area (Å²) in [5.74, 6) is -2.98. The van der Waals surface area contributed by atoms with E-state index in [0.29, 0.717) is 0 Å². The maximum Gasteiger partial charge on any atom is 0.306 e. The second-order valence-corrected chi connectivity index (χ2v) is 3.74. The average molecular weight is 184 g/mol. The van der Waals surface area contributed by atoms with Gasteiger partial charge in [-0.2, -0.15) is 0 Å². The lowest BCUT2D eigenvalue weighted by Gasteiger charge is -2.20. The van der Waals surface area contributed by atoms with E-state index in [1.165, 1.54) is 0 Å². The molecule has 0 saturated carbocycles. The van der Waals surface area contributed by atoms with Crippen LogP contribution in [-0.4, -0.2) is 30.5 Å². The molecule has 4 nitrogen and oxygen atoms in total. The smallest absolute Gasteiger partial charge is 0.306 e. The Labute approximate surface area is 78.7 Å². The second kappa shape index (κ2) is 4.30. The van der Waals surface area contributed by atoms with Crippen LogP contribution in [0.15, 0.2) is 0 Å². The molecule has 0 heterocycles. The molecule has 0 aromatic carbocycles. The van der Waals surface area contributed by atoms with Gasteiger partial charge in [-0.1, -0.05) is 0 Å². The Morgan fingerprint density at radius 3 is 2.23 bits per heavy atom. The molecule has 0 aromatic rings. The van der Waals surface area contributed by atoms with Crippen molar-refractivity contribution in [3.8, 4) is 0 Å². The van der Waals surface area contributed by atoms with Crippen molar-refractivity contribution >= 4 is 19.8 Å². The Hall–Kier alpha value is -0.995. The molecule has 1 N–H and O–H groups in total. The van der Waals surface area contributed by atoms with Gasteiger partial charge < -0.3 is 9.84 Å². The van der Waals surface area contributed by atoms with Crippen LogP contribution >= 0.6 is 0 Å². The van der Waals surface area contributed by atoms with E-state index in [4.69, 9.17) is 17.7 Å². The number of hydrogen-bond acceptors (Lipinski definition) is 3. The third kappa shape index (κ3) is 6.19. The van der Waals surface area contributed by atoms with Crippen LogP contribution in [0, 0.1) is 0 Å². The molecule has 0 amide bonds. The molecule has 0 aliphatic rings. The van der Waals surface area contributed by atoms with Gasteiger partial charge in [0.05, 0.1) is 14.3 Å². The monoisotopic (exact) mass is 184 g/mol. The molecule has 1 atom stereocenters. The molecule has 0 fully saturated rings. The molecular weight excluding hydrogens is 171 g/mol. The van der Waals surface area contributed by atoms with Gasteiger partial charge in [0.2, 0.25) is 0 Å². The van der Waals surface area contributed by atoms with Gasteiger partial charge in [-0.25, -0.2) is 0 Å². The first-order chi connectivity index (χ1) is 5.72. The molecule has 0 aromatic heterocycles. The highest BCUT2D eigenvalue weighted by Gasteiger charge is 2.20. The van der Waals surface area contributed by atoms with Crippen molar-refractivity contribution in [2.75, 3.05) is 0 Å². The zero-order valence-electron chi connectivity index (χ0n) is 8.03. The quantitative estimate of drug-likeness (QED) is 0.519. The van der Waals surface area contributed by atoms with Crippen molar-refractivity contribution in [2.24, 2.45) is 0 Å². The molecule has 0 spiro atoms. The molecule has 0 aliphatic heterocycles. The van der Waals surface area contributed by atoms with Gasteiger partial charge in [0, 0.05) is 5.82 Å². The van der Waals surface area contributed by atoms with Crippen LogP contribution in [0.5, 0.6) is 0 Å². The molecule has 0 bridgehead atoms. The Kier molecular flexibility index (Phi) is 3.97. The lowest BCUT2D eigenvalue weighted by molar-refractivity contribution is -0.157. The lowest BCUT2D eigenvalue weighted by atomic mass is 9.85. The molecule has 1 unspecified atom stereocenters. The number of ether oxygens (including phenoxy) is 1. The fourth-order valence-electron chi connectivity index (χ4n) is 0.650. The van der Waals surface area contributed by atoms with E-state index in [1.54, 1.807) is 20.8 Å². The van der Waals surface area contributed by atoms with Gasteiger partial charge in [0.1, 0.15) is 5.60 Å². The maximum absolute atomic E-state index is 11.0. The largest absolute Gasteiger partial charge is 0.482 e. The number of carbonyl (C=O) groups is 2. The number of aliphatic carboxylic acids is 1. The van der Waals surface area contributed by atoms with E-state index in [-0.39, 0.29) is 6.42 Å². The van der Waals surface area contributed by atoms with E-state index in [0.717, 1.165) is 0 Å². The summed E-state index contributed by atoms with van der Waals surface area (Å²) in [4.78, 5) is 21.3. The van der Waals surface area contributed by atoms with Gasteiger partial charge in [-0.05, 0) is 20.8 Å². The topological polar surface area (TPSA) is 63.6 Å². The number of esters is 1. The molecule has 13 heavy (non-hydrogen) atoms. The van der Waals surface area contributed by atoms with Crippen molar-refractivity contribution in [3.63, 3.8) is 0 Å². The highest BCUT2D eigenvalue weighted by molar-refractivity contribution is 6.23. The van der Waals surface area contributed by atoms with Crippen molar-refractivity contribution in [2.45, 2.75) is 38.6 Å². The number of hydrogen-bond donors (Lipinski definition) is 1. The normalized spacial score (nSPS) is 13.5. The molecule has 5 heteroatoms. The Morgan fingerprint density at radius 2 is 1.92 bits per heavy atom. The van der Waals surface area contributed by atoms with Gasteiger partial charge in [0.25, 0.3) is 5.97 Å². The Bertz CT molecular complexity index is 207. The third-order valence-electron chi connectivity index (χ3n) is 1.12. The standard InChI is InChI=1S/C8H13BO4/c1-8(2,3)13-6(10)4-5(9)7(11)12/h5H,4H2,1-3H3,(H,11,12). The highest BCUT2D eigenvalue weighted by Crippen LogP contribution is 2.12.